The Morgan fingerprint density at radius 2 is 1.89 bits per heavy atom. The second-order valence-corrected chi connectivity index (χ2v) is 8.14. The summed E-state index contributed by atoms with van der Waals surface area (Å²) in [6, 6.07) is 9.08. The number of carbonyl (C=O) groups is 1. The Kier molecular flexibility index (Phi) is 6.58. The van der Waals surface area contributed by atoms with E-state index in [9.17, 15) is 9.90 Å². The second kappa shape index (κ2) is 8.73. The normalized spacial score (nSPS) is 23.0. The van der Waals surface area contributed by atoms with Gasteiger partial charge in [0.25, 0.3) is 0 Å². The third-order valence-electron chi connectivity index (χ3n) is 6.50. The molecule has 5 N–H and O–H groups in total. The standard InChI is InChI=1S/C20H31BN2O4/c22-20(19(24)25,11-3-4-12-21(26)27)16-9-13-23(14-10-16)18-8-7-15-5-1-2-6-17(15)18/h1-2,5-6,16,18,26-27H,3-4,7-14,22H2,(H,24,25). The maximum absolute atomic E-state index is 11.9. The van der Waals surface area contributed by atoms with Crippen molar-refractivity contribution in [1.29, 1.82) is 0 Å². The number of benzene rings is 1. The number of aryl methyl sites for hydroxylation is 1. The molecule has 2 atom stereocenters. The van der Waals surface area contributed by atoms with Crippen LogP contribution in [-0.2, 0) is 11.2 Å². The SMILES string of the molecule is NC(CCCCB(O)O)(C(=O)O)C1CCN(C2CCc3ccccc32)CC1. The first kappa shape index (κ1) is 20.3. The van der Waals surface area contributed by atoms with Gasteiger partial charge in [-0.25, -0.2) is 0 Å². The molecule has 0 saturated carbocycles. The van der Waals surface area contributed by atoms with Gasteiger partial charge in [-0.1, -0.05) is 37.1 Å². The Hall–Kier alpha value is -1.41. The molecule has 2 unspecified atom stereocenters. The fourth-order valence-electron chi connectivity index (χ4n) is 4.87. The zero-order chi connectivity index (χ0) is 19.4. The molecule has 148 valence electrons. The maximum Gasteiger partial charge on any atom is 0.451 e. The van der Waals surface area contributed by atoms with Crippen LogP contribution in [0.25, 0.3) is 0 Å². The minimum absolute atomic E-state index is 0.0399. The minimum Gasteiger partial charge on any atom is -0.480 e. The highest BCUT2D eigenvalue weighted by atomic mass is 16.4. The average molecular weight is 374 g/mol. The lowest BCUT2D eigenvalue weighted by molar-refractivity contribution is -0.147. The van der Waals surface area contributed by atoms with Crippen molar-refractivity contribution in [1.82, 2.24) is 4.90 Å². The Labute approximate surface area is 161 Å². The molecule has 27 heavy (non-hydrogen) atoms. The van der Waals surface area contributed by atoms with Gasteiger partial charge in [-0.3, -0.25) is 9.69 Å². The van der Waals surface area contributed by atoms with Crippen LogP contribution in [0.3, 0.4) is 0 Å². The van der Waals surface area contributed by atoms with Gasteiger partial charge < -0.3 is 20.9 Å². The number of fused-ring (bicyclic) bond motifs is 1. The van der Waals surface area contributed by atoms with E-state index < -0.39 is 18.6 Å². The summed E-state index contributed by atoms with van der Waals surface area (Å²) in [6.07, 6.45) is 5.65. The number of aliphatic carboxylic acids is 1. The Morgan fingerprint density at radius 1 is 1.19 bits per heavy atom. The molecule has 1 fully saturated rings. The number of nitrogens with two attached hydrogens (primary N) is 1. The lowest BCUT2D eigenvalue weighted by atomic mass is 9.74. The first-order valence-electron chi connectivity index (χ1n) is 10.1. The van der Waals surface area contributed by atoms with Crippen LogP contribution in [0.15, 0.2) is 24.3 Å². The van der Waals surface area contributed by atoms with Crippen LogP contribution < -0.4 is 5.73 Å². The van der Waals surface area contributed by atoms with Crippen LogP contribution >= 0.6 is 0 Å². The number of likely N-dealkylation sites (tertiary alicyclic amines) is 1. The number of carboxylic acids is 1. The fraction of sp³-hybridized carbons (Fsp3) is 0.650. The van der Waals surface area contributed by atoms with E-state index in [1.807, 2.05) is 0 Å². The van der Waals surface area contributed by atoms with Crippen LogP contribution in [0.5, 0.6) is 0 Å². The molecular weight excluding hydrogens is 343 g/mol. The van der Waals surface area contributed by atoms with Crippen molar-refractivity contribution in [3.8, 4) is 0 Å². The molecule has 1 heterocycles. The zero-order valence-corrected chi connectivity index (χ0v) is 15.9. The Bertz CT molecular complexity index is 649. The summed E-state index contributed by atoms with van der Waals surface area (Å²) in [6.45, 7) is 1.76. The number of nitrogens with zero attached hydrogens (tertiary/aromatic N) is 1. The molecule has 0 aromatic heterocycles. The largest absolute Gasteiger partial charge is 0.480 e. The van der Waals surface area contributed by atoms with Gasteiger partial charge in [0.05, 0.1) is 0 Å². The summed E-state index contributed by atoms with van der Waals surface area (Å²) >= 11 is 0. The molecule has 0 radical (unpaired) electrons. The van der Waals surface area contributed by atoms with Gasteiger partial charge in [-0.05, 0) is 68.6 Å². The van der Waals surface area contributed by atoms with Crippen molar-refractivity contribution in [2.45, 2.75) is 62.8 Å². The number of carboxylic acid groups (broad SMARTS) is 1. The Morgan fingerprint density at radius 3 is 2.56 bits per heavy atom. The Balaban J connectivity index is 1.57. The van der Waals surface area contributed by atoms with Crippen LogP contribution in [0.1, 0.15) is 55.7 Å². The van der Waals surface area contributed by atoms with Crippen LogP contribution in [-0.4, -0.2) is 51.8 Å². The molecule has 1 aliphatic heterocycles. The smallest absolute Gasteiger partial charge is 0.451 e. The average Bonchev–Trinajstić information content (AvgIpc) is 3.09. The van der Waals surface area contributed by atoms with E-state index >= 15 is 0 Å². The molecule has 7 heteroatoms. The van der Waals surface area contributed by atoms with E-state index in [-0.39, 0.29) is 12.2 Å². The van der Waals surface area contributed by atoms with Gasteiger partial charge in [0, 0.05) is 6.04 Å². The van der Waals surface area contributed by atoms with E-state index in [2.05, 4.69) is 29.2 Å². The predicted octanol–water partition coefficient (Wildman–Crippen LogP) is 1.81. The van der Waals surface area contributed by atoms with Crippen molar-refractivity contribution in [2.24, 2.45) is 11.7 Å². The van der Waals surface area contributed by atoms with Crippen molar-refractivity contribution >= 4 is 13.1 Å². The van der Waals surface area contributed by atoms with E-state index in [1.165, 1.54) is 11.1 Å². The summed E-state index contributed by atoms with van der Waals surface area (Å²) in [5, 5.41) is 27.7. The van der Waals surface area contributed by atoms with Gasteiger partial charge in [-0.15, -0.1) is 0 Å². The van der Waals surface area contributed by atoms with Gasteiger partial charge in [-0.2, -0.15) is 0 Å². The molecule has 0 bridgehead atoms. The summed E-state index contributed by atoms with van der Waals surface area (Å²) in [5.74, 6) is -0.973. The summed E-state index contributed by atoms with van der Waals surface area (Å²) < 4.78 is 0. The molecule has 3 rings (SSSR count). The van der Waals surface area contributed by atoms with Crippen molar-refractivity contribution in [3.63, 3.8) is 0 Å². The molecular formula is C20H31BN2O4. The highest BCUT2D eigenvalue weighted by Crippen LogP contribution is 2.39. The monoisotopic (exact) mass is 374 g/mol. The number of piperidine rings is 1. The molecule has 0 amide bonds. The molecule has 0 spiro atoms. The number of hydrogen-bond acceptors (Lipinski definition) is 5. The maximum atomic E-state index is 11.9. The first-order chi connectivity index (χ1) is 12.9. The number of hydrogen-bond donors (Lipinski definition) is 4. The molecule has 1 aromatic carbocycles. The molecule has 1 aromatic rings. The van der Waals surface area contributed by atoms with E-state index in [4.69, 9.17) is 15.8 Å². The van der Waals surface area contributed by atoms with Crippen molar-refractivity contribution in [3.05, 3.63) is 35.4 Å². The van der Waals surface area contributed by atoms with E-state index in [0.29, 0.717) is 25.3 Å². The first-order valence-corrected chi connectivity index (χ1v) is 10.1. The van der Waals surface area contributed by atoms with Crippen LogP contribution in [0.4, 0.5) is 0 Å². The van der Waals surface area contributed by atoms with Gasteiger partial charge >= 0.3 is 13.1 Å². The van der Waals surface area contributed by atoms with E-state index in [0.717, 1.165) is 38.8 Å². The molecule has 6 nitrogen and oxygen atoms in total. The predicted molar refractivity (Wildman–Crippen MR) is 105 cm³/mol. The fourth-order valence-corrected chi connectivity index (χ4v) is 4.87. The highest BCUT2D eigenvalue weighted by Gasteiger charge is 2.44. The lowest BCUT2D eigenvalue weighted by Crippen LogP contribution is -2.57. The van der Waals surface area contributed by atoms with Crippen LogP contribution in [0.2, 0.25) is 6.32 Å². The third kappa shape index (κ3) is 4.54. The lowest BCUT2D eigenvalue weighted by Gasteiger charge is -2.42. The highest BCUT2D eigenvalue weighted by molar-refractivity contribution is 6.40. The molecule has 2 aliphatic rings. The topological polar surface area (TPSA) is 107 Å². The zero-order valence-electron chi connectivity index (χ0n) is 15.9. The number of rotatable bonds is 8. The summed E-state index contributed by atoms with van der Waals surface area (Å²) in [5.41, 5.74) is 8.01. The van der Waals surface area contributed by atoms with Crippen molar-refractivity contribution < 1.29 is 19.9 Å². The molecule has 1 saturated heterocycles. The van der Waals surface area contributed by atoms with E-state index in [1.54, 1.807) is 0 Å². The summed E-state index contributed by atoms with van der Waals surface area (Å²) in [4.78, 5) is 14.4. The second-order valence-electron chi connectivity index (χ2n) is 8.14. The number of unbranched alkanes of at least 4 members (excludes halogenated alkanes) is 1. The van der Waals surface area contributed by atoms with Gasteiger partial charge in [0.1, 0.15) is 5.54 Å². The minimum atomic E-state index is -1.33. The molecule has 1 aliphatic carbocycles. The summed E-state index contributed by atoms with van der Waals surface area (Å²) in [7, 11) is -1.33. The third-order valence-corrected chi connectivity index (χ3v) is 6.50. The van der Waals surface area contributed by atoms with Crippen LogP contribution in [0, 0.1) is 5.92 Å². The van der Waals surface area contributed by atoms with Crippen molar-refractivity contribution in [2.75, 3.05) is 13.1 Å². The van der Waals surface area contributed by atoms with Gasteiger partial charge in [0.2, 0.25) is 0 Å². The van der Waals surface area contributed by atoms with Gasteiger partial charge in [0.15, 0.2) is 0 Å². The quantitative estimate of drug-likeness (QED) is 0.408.